The molecule has 1 amide bonds. The molecule has 7 heteroatoms. The lowest BCUT2D eigenvalue weighted by Gasteiger charge is -2.09. The lowest BCUT2D eigenvalue weighted by molar-refractivity contribution is -0.120. The van der Waals surface area contributed by atoms with Gasteiger partial charge in [0.25, 0.3) is 0 Å². The van der Waals surface area contributed by atoms with E-state index in [1.165, 1.54) is 0 Å². The van der Waals surface area contributed by atoms with E-state index in [0.29, 0.717) is 45.2 Å². The number of hydrogen-bond donors (Lipinski definition) is 1. The molecule has 134 valence electrons. The van der Waals surface area contributed by atoms with Crippen LogP contribution in [0.3, 0.4) is 0 Å². The van der Waals surface area contributed by atoms with Crippen molar-refractivity contribution in [1.82, 2.24) is 5.32 Å². The third-order valence-corrected chi connectivity index (χ3v) is 5.94. The molecule has 0 aromatic heterocycles. The topological polar surface area (TPSA) is 29.1 Å². The van der Waals surface area contributed by atoms with Crippen molar-refractivity contribution in [2.45, 2.75) is 18.6 Å². The first-order valence-corrected chi connectivity index (χ1v) is 10.4. The van der Waals surface area contributed by atoms with Crippen molar-refractivity contribution in [3.8, 4) is 0 Å². The molecule has 25 heavy (non-hydrogen) atoms. The fourth-order valence-corrected chi connectivity index (χ4v) is 4.39. The Kier molecular flexibility index (Phi) is 8.74. The third kappa shape index (κ3) is 6.58. The summed E-state index contributed by atoms with van der Waals surface area (Å²) in [6.45, 7) is 0.585. The Bertz CT molecular complexity index is 699. The predicted octanol–water partition coefficient (Wildman–Crippen LogP) is 6.28. The lowest BCUT2D eigenvalue weighted by atomic mass is 10.1. The lowest BCUT2D eigenvalue weighted by Crippen LogP contribution is -2.26. The molecule has 2 nitrogen and oxygen atoms in total. The highest BCUT2D eigenvalue weighted by molar-refractivity contribution is 7.98. The molecular weight excluding hydrogens is 420 g/mol. The van der Waals surface area contributed by atoms with E-state index in [2.05, 4.69) is 5.32 Å². The van der Waals surface area contributed by atoms with Gasteiger partial charge in [0.1, 0.15) is 0 Å². The number of carbonyl (C=O) groups is 1. The zero-order valence-corrected chi connectivity index (χ0v) is 17.2. The molecule has 0 unspecified atom stereocenters. The fourth-order valence-electron chi connectivity index (χ4n) is 2.21. The average molecular weight is 437 g/mol. The maximum Gasteiger partial charge on any atom is 0.220 e. The molecule has 0 aliphatic rings. The predicted molar refractivity (Wildman–Crippen MR) is 110 cm³/mol. The number of amides is 1. The molecule has 0 aliphatic heterocycles. The van der Waals surface area contributed by atoms with Crippen LogP contribution in [0, 0.1) is 0 Å². The van der Waals surface area contributed by atoms with Crippen LogP contribution in [0.5, 0.6) is 0 Å². The summed E-state index contributed by atoms with van der Waals surface area (Å²) in [6, 6.07) is 10.8. The van der Waals surface area contributed by atoms with Gasteiger partial charge in [0.05, 0.1) is 0 Å². The van der Waals surface area contributed by atoms with E-state index in [9.17, 15) is 4.79 Å². The van der Waals surface area contributed by atoms with Crippen molar-refractivity contribution in [1.29, 1.82) is 0 Å². The van der Waals surface area contributed by atoms with Gasteiger partial charge in [-0.25, -0.2) is 0 Å². The van der Waals surface area contributed by atoms with Gasteiger partial charge in [0.2, 0.25) is 5.91 Å². The Morgan fingerprint density at radius 1 is 0.880 bits per heavy atom. The summed E-state index contributed by atoms with van der Waals surface area (Å²) in [7, 11) is 0. The molecule has 0 aliphatic carbocycles. The van der Waals surface area contributed by atoms with Crippen LogP contribution in [-0.4, -0.2) is 18.2 Å². The van der Waals surface area contributed by atoms with E-state index in [-0.39, 0.29) is 5.91 Å². The summed E-state index contributed by atoms with van der Waals surface area (Å²) in [5, 5.41) is 5.41. The van der Waals surface area contributed by atoms with Crippen molar-refractivity contribution in [3.05, 3.63) is 67.6 Å². The molecule has 2 rings (SSSR count). The first-order valence-electron chi connectivity index (χ1n) is 7.69. The van der Waals surface area contributed by atoms with E-state index in [1.807, 2.05) is 18.2 Å². The van der Waals surface area contributed by atoms with Crippen LogP contribution >= 0.6 is 58.2 Å². The van der Waals surface area contributed by atoms with Crippen molar-refractivity contribution in [2.24, 2.45) is 0 Å². The van der Waals surface area contributed by atoms with Gasteiger partial charge in [0.15, 0.2) is 0 Å². The van der Waals surface area contributed by atoms with Gasteiger partial charge < -0.3 is 5.32 Å². The van der Waals surface area contributed by atoms with E-state index in [4.69, 9.17) is 46.4 Å². The SMILES string of the molecule is O=C(CCc1c(Cl)cccc1Cl)NCCSCc1c(Cl)cccc1Cl. The van der Waals surface area contributed by atoms with Gasteiger partial charge in [-0.3, -0.25) is 4.79 Å². The molecule has 0 bridgehead atoms. The molecule has 1 N–H and O–H groups in total. The molecule has 0 spiro atoms. The zero-order chi connectivity index (χ0) is 18.2. The molecule has 0 radical (unpaired) electrons. The van der Waals surface area contributed by atoms with E-state index in [0.717, 1.165) is 16.9 Å². The number of halogens is 4. The van der Waals surface area contributed by atoms with Crippen molar-refractivity contribution < 1.29 is 4.79 Å². The molecule has 2 aromatic rings. The highest BCUT2D eigenvalue weighted by Gasteiger charge is 2.09. The van der Waals surface area contributed by atoms with Crippen LogP contribution in [0.25, 0.3) is 0 Å². The average Bonchev–Trinajstić information content (AvgIpc) is 2.56. The van der Waals surface area contributed by atoms with Crippen LogP contribution < -0.4 is 5.32 Å². The first-order chi connectivity index (χ1) is 12.0. The zero-order valence-electron chi connectivity index (χ0n) is 13.3. The van der Waals surface area contributed by atoms with Crippen LogP contribution in [0.2, 0.25) is 20.1 Å². The molecule has 2 aromatic carbocycles. The third-order valence-electron chi connectivity index (χ3n) is 3.54. The molecular formula is C18H17Cl4NOS. The standard InChI is InChI=1S/C18H17Cl4NOS/c19-14-3-1-4-15(20)12(14)7-8-18(24)23-9-10-25-11-13-16(21)5-2-6-17(13)22/h1-6H,7-11H2,(H,23,24). The summed E-state index contributed by atoms with van der Waals surface area (Å²) in [4.78, 5) is 11.9. The Labute approximate surface area is 172 Å². The van der Waals surface area contributed by atoms with Crippen molar-refractivity contribution in [3.63, 3.8) is 0 Å². The van der Waals surface area contributed by atoms with Gasteiger partial charge in [-0.1, -0.05) is 58.5 Å². The minimum absolute atomic E-state index is 0.0210. The van der Waals surface area contributed by atoms with Gasteiger partial charge >= 0.3 is 0 Å². The maximum atomic E-state index is 11.9. The summed E-state index contributed by atoms with van der Waals surface area (Å²) in [6.07, 6.45) is 0.872. The molecule has 0 atom stereocenters. The monoisotopic (exact) mass is 435 g/mol. The quantitative estimate of drug-likeness (QED) is 0.493. The summed E-state index contributed by atoms with van der Waals surface area (Å²) < 4.78 is 0. The smallest absolute Gasteiger partial charge is 0.220 e. The van der Waals surface area contributed by atoms with E-state index < -0.39 is 0 Å². The number of carbonyl (C=O) groups excluding carboxylic acids is 1. The van der Waals surface area contributed by atoms with E-state index in [1.54, 1.807) is 30.0 Å². The second-order valence-electron chi connectivity index (χ2n) is 5.30. The number of benzene rings is 2. The minimum atomic E-state index is -0.0210. The summed E-state index contributed by atoms with van der Waals surface area (Å²) in [5.74, 6) is 1.47. The Morgan fingerprint density at radius 3 is 1.96 bits per heavy atom. The van der Waals surface area contributed by atoms with Crippen LogP contribution in [0.1, 0.15) is 17.5 Å². The second kappa shape index (κ2) is 10.5. The molecule has 0 saturated heterocycles. The van der Waals surface area contributed by atoms with Crippen LogP contribution in [0.15, 0.2) is 36.4 Å². The van der Waals surface area contributed by atoms with Crippen molar-refractivity contribution in [2.75, 3.05) is 12.3 Å². The normalized spacial score (nSPS) is 10.7. The summed E-state index contributed by atoms with van der Waals surface area (Å²) >= 11 is 26.1. The van der Waals surface area contributed by atoms with Crippen LogP contribution in [-0.2, 0) is 17.0 Å². The van der Waals surface area contributed by atoms with Gasteiger partial charge in [0, 0.05) is 44.6 Å². The Balaban J connectivity index is 1.67. The Hall–Kier alpha value is -0.580. The molecule has 0 saturated carbocycles. The fraction of sp³-hybridized carbons (Fsp3) is 0.278. The highest BCUT2D eigenvalue weighted by Crippen LogP contribution is 2.28. The molecule has 0 heterocycles. The number of nitrogens with one attached hydrogen (secondary N) is 1. The van der Waals surface area contributed by atoms with Crippen LogP contribution in [0.4, 0.5) is 0 Å². The number of hydrogen-bond acceptors (Lipinski definition) is 2. The van der Waals surface area contributed by atoms with E-state index >= 15 is 0 Å². The van der Waals surface area contributed by atoms with Gasteiger partial charge in [-0.2, -0.15) is 11.8 Å². The van der Waals surface area contributed by atoms with Gasteiger partial charge in [-0.05, 0) is 41.8 Å². The maximum absolute atomic E-state index is 11.9. The second-order valence-corrected chi connectivity index (χ2v) is 8.04. The first kappa shape index (κ1) is 20.7. The Morgan fingerprint density at radius 2 is 1.40 bits per heavy atom. The number of thioether (sulfide) groups is 1. The molecule has 0 fully saturated rings. The largest absolute Gasteiger partial charge is 0.355 e. The highest BCUT2D eigenvalue weighted by atomic mass is 35.5. The number of rotatable bonds is 8. The van der Waals surface area contributed by atoms with Gasteiger partial charge in [-0.15, -0.1) is 0 Å². The van der Waals surface area contributed by atoms with Crippen molar-refractivity contribution >= 4 is 64.1 Å². The minimum Gasteiger partial charge on any atom is -0.355 e. The summed E-state index contributed by atoms with van der Waals surface area (Å²) in [5.41, 5.74) is 1.74.